The molecule has 150 valence electrons. The average Bonchev–Trinajstić information content (AvgIpc) is 3.53. The lowest BCUT2D eigenvalue weighted by atomic mass is 10.0. The number of fused-ring (bicyclic) bond motifs is 2. The molecule has 1 unspecified atom stereocenters. The lowest BCUT2D eigenvalue weighted by Gasteiger charge is -2.23. The van der Waals surface area contributed by atoms with Crippen molar-refractivity contribution in [1.82, 2.24) is 9.88 Å². The minimum absolute atomic E-state index is 0.0591. The molecule has 2 aliphatic rings. The van der Waals surface area contributed by atoms with E-state index in [1.807, 2.05) is 36.4 Å². The van der Waals surface area contributed by atoms with Crippen molar-refractivity contribution in [2.75, 3.05) is 13.2 Å². The SMILES string of the molecule is O=C(CCn1c(=O)oc2ccccc21)NC(c1ccc2c(c1)OCCO2)C1CC1. The highest BCUT2D eigenvalue weighted by atomic mass is 16.6. The Kier molecular flexibility index (Phi) is 4.50. The van der Waals surface area contributed by atoms with E-state index in [0.717, 1.165) is 29.9 Å². The summed E-state index contributed by atoms with van der Waals surface area (Å²) in [5.41, 5.74) is 2.26. The fourth-order valence-corrected chi connectivity index (χ4v) is 3.84. The number of carbonyl (C=O) groups is 1. The Morgan fingerprint density at radius 2 is 1.90 bits per heavy atom. The van der Waals surface area contributed by atoms with Crippen molar-refractivity contribution in [3.63, 3.8) is 0 Å². The highest BCUT2D eigenvalue weighted by molar-refractivity contribution is 5.77. The van der Waals surface area contributed by atoms with Crippen molar-refractivity contribution >= 4 is 17.0 Å². The Hall–Kier alpha value is -3.22. The Morgan fingerprint density at radius 3 is 2.72 bits per heavy atom. The van der Waals surface area contributed by atoms with Gasteiger partial charge in [0.25, 0.3) is 0 Å². The number of hydrogen-bond acceptors (Lipinski definition) is 5. The molecule has 0 bridgehead atoms. The first-order valence-corrected chi connectivity index (χ1v) is 9.96. The fourth-order valence-electron chi connectivity index (χ4n) is 3.84. The minimum atomic E-state index is -0.440. The molecule has 1 saturated carbocycles. The first kappa shape index (κ1) is 17.8. The number of rotatable bonds is 6. The molecule has 7 heteroatoms. The Labute approximate surface area is 167 Å². The van der Waals surface area contributed by atoms with Gasteiger partial charge in [0.1, 0.15) is 13.2 Å². The summed E-state index contributed by atoms with van der Waals surface area (Å²) >= 11 is 0. The van der Waals surface area contributed by atoms with E-state index in [1.54, 1.807) is 6.07 Å². The van der Waals surface area contributed by atoms with Crippen LogP contribution >= 0.6 is 0 Å². The number of ether oxygens (including phenoxy) is 2. The van der Waals surface area contributed by atoms with Crippen LogP contribution in [0.4, 0.5) is 0 Å². The van der Waals surface area contributed by atoms with Crippen molar-refractivity contribution in [2.24, 2.45) is 5.92 Å². The minimum Gasteiger partial charge on any atom is -0.486 e. The number of nitrogens with zero attached hydrogens (tertiary/aromatic N) is 1. The molecule has 1 amide bonds. The standard InChI is InChI=1S/C22H22N2O5/c25-20(9-10-24-16-3-1-2-4-17(16)29-22(24)26)23-21(14-5-6-14)15-7-8-18-19(13-15)28-12-11-27-18/h1-4,7-8,13-14,21H,5-6,9-12H2,(H,23,25). The van der Waals surface area contributed by atoms with Gasteiger partial charge < -0.3 is 19.2 Å². The summed E-state index contributed by atoms with van der Waals surface area (Å²) in [5.74, 6) is 1.37. The van der Waals surface area contributed by atoms with Gasteiger partial charge in [0.2, 0.25) is 5.91 Å². The van der Waals surface area contributed by atoms with Crippen molar-refractivity contribution < 1.29 is 18.7 Å². The predicted molar refractivity (Wildman–Crippen MR) is 106 cm³/mol. The fraction of sp³-hybridized carbons (Fsp3) is 0.364. The molecule has 5 rings (SSSR count). The van der Waals surface area contributed by atoms with Crippen LogP contribution in [0.15, 0.2) is 51.7 Å². The van der Waals surface area contributed by atoms with Crippen LogP contribution in [0.2, 0.25) is 0 Å². The molecule has 2 heterocycles. The van der Waals surface area contributed by atoms with E-state index in [1.165, 1.54) is 4.57 Å². The summed E-state index contributed by atoms with van der Waals surface area (Å²) in [6, 6.07) is 13.0. The molecule has 0 saturated heterocycles. The van der Waals surface area contributed by atoms with Gasteiger partial charge in [0.05, 0.1) is 11.6 Å². The van der Waals surface area contributed by atoms with Crippen molar-refractivity contribution in [3.8, 4) is 11.5 Å². The van der Waals surface area contributed by atoms with Gasteiger partial charge in [-0.2, -0.15) is 0 Å². The summed E-state index contributed by atoms with van der Waals surface area (Å²) < 4.78 is 18.0. The van der Waals surface area contributed by atoms with E-state index < -0.39 is 5.76 Å². The molecule has 1 atom stereocenters. The highest BCUT2D eigenvalue weighted by Gasteiger charge is 2.34. The third-order valence-electron chi connectivity index (χ3n) is 5.47. The molecule has 0 spiro atoms. The molecule has 1 aliphatic carbocycles. The van der Waals surface area contributed by atoms with Gasteiger partial charge in [-0.25, -0.2) is 4.79 Å². The van der Waals surface area contributed by atoms with E-state index >= 15 is 0 Å². The van der Waals surface area contributed by atoms with Gasteiger partial charge in [-0.3, -0.25) is 9.36 Å². The van der Waals surface area contributed by atoms with Crippen LogP contribution in [-0.2, 0) is 11.3 Å². The number of para-hydroxylation sites is 2. The Balaban J connectivity index is 1.29. The van der Waals surface area contributed by atoms with Gasteiger partial charge in [-0.15, -0.1) is 0 Å². The molecule has 1 N–H and O–H groups in total. The number of benzene rings is 2. The van der Waals surface area contributed by atoms with Crippen LogP contribution in [0.1, 0.15) is 30.9 Å². The molecule has 1 aromatic heterocycles. The predicted octanol–water partition coefficient (Wildman–Crippen LogP) is 3.02. The number of aryl methyl sites for hydroxylation is 1. The van der Waals surface area contributed by atoms with Crippen LogP contribution in [-0.4, -0.2) is 23.7 Å². The smallest absolute Gasteiger partial charge is 0.419 e. The molecule has 1 aliphatic heterocycles. The summed E-state index contributed by atoms with van der Waals surface area (Å²) in [6.07, 6.45) is 2.38. The van der Waals surface area contributed by atoms with Gasteiger partial charge in [-0.05, 0) is 48.6 Å². The zero-order valence-corrected chi connectivity index (χ0v) is 15.9. The monoisotopic (exact) mass is 394 g/mol. The zero-order chi connectivity index (χ0) is 19.8. The second-order valence-electron chi connectivity index (χ2n) is 7.52. The number of oxazole rings is 1. The second-order valence-corrected chi connectivity index (χ2v) is 7.52. The van der Waals surface area contributed by atoms with E-state index in [2.05, 4.69) is 5.32 Å². The third kappa shape index (κ3) is 3.60. The second kappa shape index (κ2) is 7.31. The molecule has 2 aromatic carbocycles. The van der Waals surface area contributed by atoms with Gasteiger partial charge in [0, 0.05) is 13.0 Å². The van der Waals surface area contributed by atoms with E-state index in [0.29, 0.717) is 30.2 Å². The molecule has 7 nitrogen and oxygen atoms in total. The molecule has 3 aromatic rings. The van der Waals surface area contributed by atoms with Crippen LogP contribution < -0.4 is 20.5 Å². The van der Waals surface area contributed by atoms with E-state index in [9.17, 15) is 9.59 Å². The zero-order valence-electron chi connectivity index (χ0n) is 15.9. The van der Waals surface area contributed by atoms with E-state index in [4.69, 9.17) is 13.9 Å². The lowest BCUT2D eigenvalue weighted by molar-refractivity contribution is -0.122. The van der Waals surface area contributed by atoms with Gasteiger partial charge in [-0.1, -0.05) is 18.2 Å². The summed E-state index contributed by atoms with van der Waals surface area (Å²) in [6.45, 7) is 1.36. The van der Waals surface area contributed by atoms with Crippen molar-refractivity contribution in [3.05, 3.63) is 58.6 Å². The first-order valence-electron chi connectivity index (χ1n) is 9.96. The molecule has 0 radical (unpaired) electrons. The number of hydrogen-bond donors (Lipinski definition) is 1. The van der Waals surface area contributed by atoms with E-state index in [-0.39, 0.29) is 24.9 Å². The number of aromatic nitrogens is 1. The maximum atomic E-state index is 12.7. The maximum Gasteiger partial charge on any atom is 0.419 e. The molecule has 1 fully saturated rings. The number of carbonyl (C=O) groups excluding carboxylic acids is 1. The van der Waals surface area contributed by atoms with Crippen LogP contribution in [0, 0.1) is 5.92 Å². The van der Waals surface area contributed by atoms with Gasteiger partial charge in [0.15, 0.2) is 17.1 Å². The summed E-state index contributed by atoms with van der Waals surface area (Å²) in [4.78, 5) is 24.8. The Bertz CT molecular complexity index is 1110. The average molecular weight is 394 g/mol. The highest BCUT2D eigenvalue weighted by Crippen LogP contribution is 2.43. The third-order valence-corrected chi connectivity index (χ3v) is 5.47. The molecule has 29 heavy (non-hydrogen) atoms. The number of amides is 1. The molecular formula is C22H22N2O5. The van der Waals surface area contributed by atoms with Crippen LogP contribution in [0.5, 0.6) is 11.5 Å². The quantitative estimate of drug-likeness (QED) is 0.695. The van der Waals surface area contributed by atoms with Gasteiger partial charge >= 0.3 is 5.76 Å². The Morgan fingerprint density at radius 1 is 1.10 bits per heavy atom. The van der Waals surface area contributed by atoms with Crippen molar-refractivity contribution in [1.29, 1.82) is 0 Å². The molecular weight excluding hydrogens is 372 g/mol. The topological polar surface area (TPSA) is 82.7 Å². The van der Waals surface area contributed by atoms with Crippen molar-refractivity contribution in [2.45, 2.75) is 31.8 Å². The number of nitrogens with one attached hydrogen (secondary N) is 1. The first-order chi connectivity index (χ1) is 14.2. The summed E-state index contributed by atoms with van der Waals surface area (Å²) in [5, 5.41) is 3.15. The summed E-state index contributed by atoms with van der Waals surface area (Å²) in [7, 11) is 0. The normalized spacial score (nSPS) is 16.6. The van der Waals surface area contributed by atoms with Crippen LogP contribution in [0.25, 0.3) is 11.1 Å². The lowest BCUT2D eigenvalue weighted by Crippen LogP contribution is -2.31. The van der Waals surface area contributed by atoms with Crippen LogP contribution in [0.3, 0.4) is 0 Å². The maximum absolute atomic E-state index is 12.7. The largest absolute Gasteiger partial charge is 0.486 e.